The lowest BCUT2D eigenvalue weighted by Gasteiger charge is -2.22. The molecule has 2 atom stereocenters. The van der Waals surface area contributed by atoms with Crippen LogP contribution in [0.3, 0.4) is 0 Å². The van der Waals surface area contributed by atoms with Crippen molar-refractivity contribution in [3.63, 3.8) is 0 Å². The van der Waals surface area contributed by atoms with Gasteiger partial charge >= 0.3 is 12.2 Å². The Morgan fingerprint density at radius 3 is 1.33 bits per heavy atom. The topological polar surface area (TPSA) is 183 Å². The number of nitrogens with zero attached hydrogens (tertiary/aromatic N) is 2. The standard InChI is InChI=1S/C15H30N2O4.C14H28N2O5/c1-7-12(11-15(5,6)17(19)20)9-8-10-16-13(18)21-14(2,3)4;1-13(2,3)21-12(18)15-8-6-7-11(10-17)9-14(4,5)16(19)20/h12H,7-11H2,1-6H3,(H,16,18);11,17H,6-10H2,1-5H3,(H,15,18)/t12-;11-/m11/s1. The lowest BCUT2D eigenvalue weighted by molar-refractivity contribution is -0.563. The van der Waals surface area contributed by atoms with Crippen molar-refractivity contribution >= 4 is 12.2 Å². The third kappa shape index (κ3) is 22.0. The molecule has 0 unspecified atom stereocenters. The first-order valence-corrected chi connectivity index (χ1v) is 14.8. The van der Waals surface area contributed by atoms with E-state index in [1.165, 1.54) is 0 Å². The largest absolute Gasteiger partial charge is 0.444 e. The predicted molar refractivity (Wildman–Crippen MR) is 163 cm³/mol. The summed E-state index contributed by atoms with van der Waals surface area (Å²) in [6, 6.07) is 0. The number of carbonyl (C=O) groups excluding carboxylic acids is 2. The molecule has 13 nitrogen and oxygen atoms in total. The van der Waals surface area contributed by atoms with E-state index in [1.54, 1.807) is 48.5 Å². The Balaban J connectivity index is 0. The first-order chi connectivity index (χ1) is 19.0. The third-order valence-electron chi connectivity index (χ3n) is 6.32. The maximum absolute atomic E-state index is 11.5. The Morgan fingerprint density at radius 1 is 0.714 bits per heavy atom. The van der Waals surface area contributed by atoms with E-state index in [1.807, 2.05) is 27.7 Å². The number of nitrogens with one attached hydrogen (secondary N) is 2. The summed E-state index contributed by atoms with van der Waals surface area (Å²) >= 11 is 0. The predicted octanol–water partition coefficient (Wildman–Crippen LogP) is 6.11. The smallest absolute Gasteiger partial charge is 0.407 e. The maximum Gasteiger partial charge on any atom is 0.407 e. The van der Waals surface area contributed by atoms with Gasteiger partial charge in [-0.2, -0.15) is 0 Å². The van der Waals surface area contributed by atoms with E-state index in [4.69, 9.17) is 9.47 Å². The van der Waals surface area contributed by atoms with Gasteiger partial charge in [0.05, 0.1) is 0 Å². The summed E-state index contributed by atoms with van der Waals surface area (Å²) in [7, 11) is 0. The minimum Gasteiger partial charge on any atom is -0.444 e. The van der Waals surface area contributed by atoms with Gasteiger partial charge in [0.25, 0.3) is 0 Å². The third-order valence-corrected chi connectivity index (χ3v) is 6.32. The van der Waals surface area contributed by atoms with Crippen molar-refractivity contribution < 1.29 is 34.0 Å². The molecule has 0 aliphatic heterocycles. The Kier molecular flexibility index (Phi) is 18.5. The molecule has 0 spiro atoms. The number of ether oxygens (including phenoxy) is 2. The van der Waals surface area contributed by atoms with Crippen molar-refractivity contribution in [2.45, 2.75) is 143 Å². The number of rotatable bonds is 16. The highest BCUT2D eigenvalue weighted by Crippen LogP contribution is 2.25. The van der Waals surface area contributed by atoms with Crippen molar-refractivity contribution in [1.82, 2.24) is 10.6 Å². The number of carbonyl (C=O) groups is 2. The minimum absolute atomic E-state index is 0.0935. The first-order valence-electron chi connectivity index (χ1n) is 14.8. The van der Waals surface area contributed by atoms with Crippen LogP contribution >= 0.6 is 0 Å². The van der Waals surface area contributed by atoms with Gasteiger partial charge in [0.15, 0.2) is 0 Å². The molecule has 0 aliphatic carbocycles. The van der Waals surface area contributed by atoms with Crippen LogP contribution in [0.15, 0.2) is 0 Å². The quantitative estimate of drug-likeness (QED) is 0.106. The van der Waals surface area contributed by atoms with Gasteiger partial charge in [0.1, 0.15) is 11.2 Å². The van der Waals surface area contributed by atoms with Crippen molar-refractivity contribution in [1.29, 1.82) is 0 Å². The van der Waals surface area contributed by atoms with E-state index in [9.17, 15) is 34.9 Å². The molecule has 0 aromatic rings. The maximum atomic E-state index is 11.5. The van der Waals surface area contributed by atoms with Gasteiger partial charge < -0.3 is 25.2 Å². The van der Waals surface area contributed by atoms with Crippen LogP contribution in [0, 0.1) is 32.1 Å². The molecule has 0 radical (unpaired) electrons. The second-order valence-electron chi connectivity index (χ2n) is 14.0. The fraction of sp³-hybridized carbons (Fsp3) is 0.931. The summed E-state index contributed by atoms with van der Waals surface area (Å²) in [6.45, 7) is 20.1. The molecule has 13 heteroatoms. The molecule has 0 aromatic carbocycles. The molecule has 248 valence electrons. The number of hydrogen-bond acceptors (Lipinski definition) is 9. The van der Waals surface area contributed by atoms with Crippen LogP contribution in [0.2, 0.25) is 0 Å². The Bertz CT molecular complexity index is 766. The average molecular weight is 607 g/mol. The Labute approximate surface area is 252 Å². The van der Waals surface area contributed by atoms with Crippen molar-refractivity contribution in [3.05, 3.63) is 20.2 Å². The molecule has 0 saturated heterocycles. The van der Waals surface area contributed by atoms with Gasteiger partial charge in [0.2, 0.25) is 11.1 Å². The van der Waals surface area contributed by atoms with Crippen LogP contribution in [0.5, 0.6) is 0 Å². The number of nitro groups is 2. The summed E-state index contributed by atoms with van der Waals surface area (Å²) in [5.41, 5.74) is -2.97. The number of aliphatic hydroxyl groups is 1. The van der Waals surface area contributed by atoms with E-state index in [0.717, 1.165) is 19.3 Å². The second-order valence-corrected chi connectivity index (χ2v) is 14.0. The van der Waals surface area contributed by atoms with E-state index >= 15 is 0 Å². The molecule has 42 heavy (non-hydrogen) atoms. The lowest BCUT2D eigenvalue weighted by atomic mass is 9.86. The molecule has 0 rings (SSSR count). The summed E-state index contributed by atoms with van der Waals surface area (Å²) in [4.78, 5) is 44.2. The minimum atomic E-state index is -1.05. The number of amides is 2. The molecule has 0 aliphatic rings. The van der Waals surface area contributed by atoms with E-state index in [0.29, 0.717) is 44.7 Å². The first kappa shape index (κ1) is 41.4. The molecule has 0 aromatic heterocycles. The van der Waals surface area contributed by atoms with Gasteiger partial charge in [-0.15, -0.1) is 0 Å². The van der Waals surface area contributed by atoms with E-state index < -0.39 is 34.5 Å². The fourth-order valence-electron chi connectivity index (χ4n) is 4.06. The van der Waals surface area contributed by atoms with Crippen LogP contribution in [0.25, 0.3) is 0 Å². The van der Waals surface area contributed by atoms with Crippen molar-refractivity contribution in [3.8, 4) is 0 Å². The van der Waals surface area contributed by atoms with Crippen molar-refractivity contribution in [2.75, 3.05) is 19.7 Å². The number of alkyl carbamates (subject to hydrolysis) is 2. The molecule has 0 bridgehead atoms. The lowest BCUT2D eigenvalue weighted by Crippen LogP contribution is -2.35. The Hall–Kier alpha value is -2.70. The summed E-state index contributed by atoms with van der Waals surface area (Å²) in [5, 5.41) is 36.5. The van der Waals surface area contributed by atoms with Crippen LogP contribution in [0.4, 0.5) is 9.59 Å². The molecule has 2 amide bonds. The van der Waals surface area contributed by atoms with Gasteiger partial charge in [-0.3, -0.25) is 20.2 Å². The summed E-state index contributed by atoms with van der Waals surface area (Å²) < 4.78 is 10.2. The Morgan fingerprint density at radius 2 is 1.05 bits per heavy atom. The zero-order chi connectivity index (χ0) is 33.4. The van der Waals surface area contributed by atoms with Crippen molar-refractivity contribution in [2.24, 2.45) is 11.8 Å². The van der Waals surface area contributed by atoms with Crippen LogP contribution in [-0.4, -0.2) is 69.1 Å². The fourth-order valence-corrected chi connectivity index (χ4v) is 4.06. The summed E-state index contributed by atoms with van der Waals surface area (Å²) in [6.07, 6.45) is 3.79. The zero-order valence-electron chi connectivity index (χ0n) is 27.8. The highest BCUT2D eigenvalue weighted by atomic mass is 16.6. The second kappa shape index (κ2) is 18.8. The van der Waals surface area contributed by atoms with Gasteiger partial charge in [0, 0.05) is 70.1 Å². The molecule has 0 heterocycles. The molecular weight excluding hydrogens is 548 g/mol. The highest BCUT2D eigenvalue weighted by molar-refractivity contribution is 5.67. The average Bonchev–Trinajstić information content (AvgIpc) is 2.80. The molecule has 0 fully saturated rings. The molecule has 0 saturated carbocycles. The monoisotopic (exact) mass is 606 g/mol. The van der Waals surface area contributed by atoms with Gasteiger partial charge in [-0.25, -0.2) is 9.59 Å². The summed E-state index contributed by atoms with van der Waals surface area (Å²) in [5.74, 6) is 0.150. The van der Waals surface area contributed by atoms with Crippen LogP contribution in [0.1, 0.15) is 121 Å². The van der Waals surface area contributed by atoms with Gasteiger partial charge in [-0.1, -0.05) is 13.3 Å². The van der Waals surface area contributed by atoms with Gasteiger partial charge in [-0.05, 0) is 79.1 Å². The highest BCUT2D eigenvalue weighted by Gasteiger charge is 2.34. The SMILES string of the molecule is CC(C)(C)OC(=O)NCCC[C@@H](CO)CC(C)(C)[N+](=O)[O-].CC[C@H](CCCNC(=O)OC(C)(C)C)CC(C)(C)[N+](=O)[O-]. The van der Waals surface area contributed by atoms with Crippen LogP contribution < -0.4 is 10.6 Å². The van der Waals surface area contributed by atoms with Crippen LogP contribution in [-0.2, 0) is 9.47 Å². The number of hydrogen-bond donors (Lipinski definition) is 3. The zero-order valence-corrected chi connectivity index (χ0v) is 27.8. The van der Waals surface area contributed by atoms with E-state index in [2.05, 4.69) is 10.6 Å². The van der Waals surface area contributed by atoms with E-state index in [-0.39, 0.29) is 22.4 Å². The molecular formula is C29H58N4O9. The molecule has 3 N–H and O–H groups in total. The normalized spacial score (nSPS) is 13.6. The number of aliphatic hydroxyl groups excluding tert-OH is 1.